The molecule has 3 fully saturated rings. The van der Waals surface area contributed by atoms with E-state index in [4.69, 9.17) is 4.98 Å². The van der Waals surface area contributed by atoms with Crippen LogP contribution >= 0.6 is 0 Å². The Hall–Kier alpha value is -1.88. The number of para-hydroxylation sites is 2. The zero-order chi connectivity index (χ0) is 21.9. The van der Waals surface area contributed by atoms with E-state index in [0.29, 0.717) is 12.0 Å². The number of aromatic nitrogens is 2. The van der Waals surface area contributed by atoms with Gasteiger partial charge < -0.3 is 14.4 Å². The number of likely N-dealkylation sites (tertiary alicyclic amines) is 2. The maximum Gasteiger partial charge on any atom is 0.219 e. The van der Waals surface area contributed by atoms with Crippen molar-refractivity contribution in [3.63, 3.8) is 0 Å². The number of rotatable bonds is 4. The lowest BCUT2D eigenvalue weighted by Crippen LogP contribution is -2.38. The molecular weight excluding hydrogens is 396 g/mol. The molecule has 0 radical (unpaired) electrons. The van der Waals surface area contributed by atoms with E-state index in [0.717, 1.165) is 30.9 Å². The molecule has 1 atom stereocenters. The van der Waals surface area contributed by atoms with Gasteiger partial charge in [-0.3, -0.25) is 4.79 Å². The average molecular weight is 437 g/mol. The molecule has 1 saturated carbocycles. The van der Waals surface area contributed by atoms with Crippen molar-refractivity contribution in [2.24, 2.45) is 5.92 Å². The number of nitrogens with zero attached hydrogens (tertiary/aromatic N) is 4. The summed E-state index contributed by atoms with van der Waals surface area (Å²) < 4.78 is 2.57. The average Bonchev–Trinajstić information content (AvgIpc) is 3.41. The Bertz CT molecular complexity index is 906. The van der Waals surface area contributed by atoms with Crippen LogP contribution in [-0.2, 0) is 4.79 Å². The first-order chi connectivity index (χ1) is 15.7. The van der Waals surface area contributed by atoms with Gasteiger partial charge in [-0.25, -0.2) is 4.98 Å². The van der Waals surface area contributed by atoms with Crippen LogP contribution < -0.4 is 0 Å². The Kier molecular flexibility index (Phi) is 6.82. The first-order valence-electron chi connectivity index (χ1n) is 13.1. The summed E-state index contributed by atoms with van der Waals surface area (Å²) in [6.45, 7) is 7.09. The van der Waals surface area contributed by atoms with Gasteiger partial charge in [0.2, 0.25) is 5.91 Å². The van der Waals surface area contributed by atoms with Crippen LogP contribution in [0.5, 0.6) is 0 Å². The van der Waals surface area contributed by atoms with Crippen LogP contribution in [0.4, 0.5) is 0 Å². The zero-order valence-corrected chi connectivity index (χ0v) is 19.8. The summed E-state index contributed by atoms with van der Waals surface area (Å²) in [5, 5.41) is 0. The minimum absolute atomic E-state index is 0.192. The van der Waals surface area contributed by atoms with Crippen LogP contribution in [0.25, 0.3) is 11.0 Å². The van der Waals surface area contributed by atoms with Gasteiger partial charge in [0.25, 0.3) is 0 Å². The van der Waals surface area contributed by atoms with E-state index >= 15 is 0 Å². The van der Waals surface area contributed by atoms with E-state index in [2.05, 4.69) is 33.7 Å². The van der Waals surface area contributed by atoms with Crippen molar-refractivity contribution in [2.45, 2.75) is 83.1 Å². The molecule has 2 saturated heterocycles. The van der Waals surface area contributed by atoms with Gasteiger partial charge >= 0.3 is 0 Å². The number of piperidine rings is 1. The topological polar surface area (TPSA) is 41.4 Å². The Labute approximate surface area is 193 Å². The molecule has 2 aliphatic heterocycles. The van der Waals surface area contributed by atoms with Crippen LogP contribution in [-0.4, -0.2) is 58.0 Å². The molecule has 5 nitrogen and oxygen atoms in total. The Balaban J connectivity index is 1.29. The number of benzene rings is 1. The molecule has 32 heavy (non-hydrogen) atoms. The third-order valence-electron chi connectivity index (χ3n) is 8.29. The second-order valence-corrected chi connectivity index (χ2v) is 10.5. The number of hydrogen-bond acceptors (Lipinski definition) is 3. The minimum atomic E-state index is 0.192. The SMILES string of the molecule is CC(=O)N1CC[C@@H](c2nc3ccccc3n2C2CCN(CC3CCCCCCC3)CC2)C1. The van der Waals surface area contributed by atoms with Gasteiger partial charge in [0.1, 0.15) is 5.82 Å². The van der Waals surface area contributed by atoms with Gasteiger partial charge in [0, 0.05) is 51.6 Å². The fourth-order valence-corrected chi connectivity index (χ4v) is 6.44. The maximum atomic E-state index is 11.9. The molecule has 0 bridgehead atoms. The van der Waals surface area contributed by atoms with Crippen molar-refractivity contribution in [3.8, 4) is 0 Å². The second kappa shape index (κ2) is 9.94. The molecule has 1 aromatic heterocycles. The molecule has 2 aromatic rings. The second-order valence-electron chi connectivity index (χ2n) is 10.5. The lowest BCUT2D eigenvalue weighted by molar-refractivity contribution is -0.127. The standard InChI is InChI=1S/C27H40N4O/c1-21(32)30-18-13-23(20-30)27-28-25-11-7-8-12-26(25)31(27)24-14-16-29(17-15-24)19-22-9-5-3-2-4-6-10-22/h7-8,11-12,22-24H,2-6,9-10,13-20H2,1H3/t23-/m1/s1. The fraction of sp³-hybridized carbons (Fsp3) is 0.704. The Morgan fingerprint density at radius 3 is 2.38 bits per heavy atom. The van der Waals surface area contributed by atoms with Crippen molar-refractivity contribution in [2.75, 3.05) is 32.7 Å². The van der Waals surface area contributed by atoms with Gasteiger partial charge in [-0.2, -0.15) is 0 Å². The highest BCUT2D eigenvalue weighted by Crippen LogP contribution is 2.35. The predicted octanol–water partition coefficient (Wildman–Crippen LogP) is 5.37. The zero-order valence-electron chi connectivity index (χ0n) is 19.8. The van der Waals surface area contributed by atoms with E-state index in [1.54, 1.807) is 6.92 Å². The molecule has 5 rings (SSSR count). The smallest absolute Gasteiger partial charge is 0.219 e. The van der Waals surface area contributed by atoms with Gasteiger partial charge in [-0.15, -0.1) is 0 Å². The number of imidazole rings is 1. The summed E-state index contributed by atoms with van der Waals surface area (Å²) in [5.74, 6) is 2.68. The molecule has 0 spiro atoms. The van der Waals surface area contributed by atoms with Crippen molar-refractivity contribution in [3.05, 3.63) is 30.1 Å². The summed E-state index contributed by atoms with van der Waals surface area (Å²) >= 11 is 0. The highest BCUT2D eigenvalue weighted by Gasteiger charge is 2.32. The van der Waals surface area contributed by atoms with Crippen LogP contribution in [0.2, 0.25) is 0 Å². The van der Waals surface area contributed by atoms with Gasteiger partial charge in [0.15, 0.2) is 0 Å². The lowest BCUT2D eigenvalue weighted by atomic mass is 9.90. The molecular formula is C27H40N4O. The molecule has 174 valence electrons. The van der Waals surface area contributed by atoms with Crippen molar-refractivity contribution < 1.29 is 4.79 Å². The summed E-state index contributed by atoms with van der Waals surface area (Å²) in [6.07, 6.45) is 13.5. The molecule has 1 amide bonds. The lowest BCUT2D eigenvalue weighted by Gasteiger charge is -2.36. The number of carbonyl (C=O) groups excluding carboxylic acids is 1. The van der Waals surface area contributed by atoms with Crippen LogP contribution in [0.1, 0.15) is 88.9 Å². The van der Waals surface area contributed by atoms with Crippen molar-refractivity contribution >= 4 is 16.9 Å². The molecule has 1 aliphatic carbocycles. The molecule has 5 heteroatoms. The minimum Gasteiger partial charge on any atom is -0.342 e. The highest BCUT2D eigenvalue weighted by atomic mass is 16.2. The van der Waals surface area contributed by atoms with Gasteiger partial charge in [0.05, 0.1) is 11.0 Å². The number of fused-ring (bicyclic) bond motifs is 1. The first-order valence-corrected chi connectivity index (χ1v) is 13.1. The molecule has 1 aromatic carbocycles. The predicted molar refractivity (Wildman–Crippen MR) is 130 cm³/mol. The van der Waals surface area contributed by atoms with Crippen LogP contribution in [0, 0.1) is 5.92 Å². The summed E-state index contributed by atoms with van der Waals surface area (Å²) in [5.41, 5.74) is 2.39. The molecule has 3 aliphatic rings. The fourth-order valence-electron chi connectivity index (χ4n) is 6.44. The Morgan fingerprint density at radius 1 is 0.938 bits per heavy atom. The number of amides is 1. The first kappa shape index (κ1) is 21.9. The summed E-state index contributed by atoms with van der Waals surface area (Å²) in [7, 11) is 0. The highest BCUT2D eigenvalue weighted by molar-refractivity contribution is 5.76. The van der Waals surface area contributed by atoms with Crippen molar-refractivity contribution in [1.29, 1.82) is 0 Å². The van der Waals surface area contributed by atoms with Crippen LogP contribution in [0.15, 0.2) is 24.3 Å². The van der Waals surface area contributed by atoms with E-state index in [-0.39, 0.29) is 5.91 Å². The molecule has 0 unspecified atom stereocenters. The third-order valence-corrected chi connectivity index (χ3v) is 8.29. The maximum absolute atomic E-state index is 11.9. The summed E-state index contributed by atoms with van der Waals surface area (Å²) in [6, 6.07) is 9.15. The molecule has 0 N–H and O–H groups in total. The van der Waals surface area contributed by atoms with E-state index in [1.807, 2.05) is 4.90 Å². The largest absolute Gasteiger partial charge is 0.342 e. The Morgan fingerprint density at radius 2 is 1.66 bits per heavy atom. The monoisotopic (exact) mass is 436 g/mol. The van der Waals surface area contributed by atoms with E-state index in [1.165, 1.54) is 88.8 Å². The normalized spacial score (nSPS) is 24.7. The van der Waals surface area contributed by atoms with E-state index in [9.17, 15) is 4.79 Å². The summed E-state index contributed by atoms with van der Waals surface area (Å²) in [4.78, 5) is 21.8. The quantitative estimate of drug-likeness (QED) is 0.647. The number of hydrogen-bond donors (Lipinski definition) is 0. The third kappa shape index (κ3) is 4.73. The van der Waals surface area contributed by atoms with Crippen molar-refractivity contribution in [1.82, 2.24) is 19.4 Å². The van der Waals surface area contributed by atoms with Gasteiger partial charge in [-0.1, -0.05) is 44.2 Å². The van der Waals surface area contributed by atoms with Crippen LogP contribution in [0.3, 0.4) is 0 Å². The molecule has 3 heterocycles. The van der Waals surface area contributed by atoms with E-state index < -0.39 is 0 Å². The number of carbonyl (C=O) groups is 1. The van der Waals surface area contributed by atoms with Gasteiger partial charge in [-0.05, 0) is 50.2 Å².